The van der Waals surface area contributed by atoms with Crippen molar-refractivity contribution in [2.75, 3.05) is 18.4 Å². The van der Waals surface area contributed by atoms with Crippen LogP contribution >= 0.6 is 22.9 Å². The predicted molar refractivity (Wildman–Crippen MR) is 133 cm³/mol. The third-order valence-electron chi connectivity index (χ3n) is 5.38. The van der Waals surface area contributed by atoms with Gasteiger partial charge in [0.2, 0.25) is 0 Å². The van der Waals surface area contributed by atoms with E-state index in [0.29, 0.717) is 16.4 Å². The molecule has 8 heteroatoms. The predicted octanol–water partition coefficient (Wildman–Crippen LogP) is 5.87. The first-order valence-electron chi connectivity index (χ1n) is 10.8. The van der Waals surface area contributed by atoms with Crippen LogP contribution in [0.5, 0.6) is 0 Å². The molecule has 0 bridgehead atoms. The van der Waals surface area contributed by atoms with Gasteiger partial charge in [-0.3, -0.25) is 14.5 Å². The molecule has 0 atom stereocenters. The number of carbonyl (C=O) groups excluding carboxylic acids is 2. The molecule has 0 spiro atoms. The van der Waals surface area contributed by atoms with E-state index >= 15 is 0 Å². The fraction of sp³-hybridized carbons (Fsp3) is 0.280. The summed E-state index contributed by atoms with van der Waals surface area (Å²) in [6, 6.07) is 13.4. The molecule has 0 fully saturated rings. The van der Waals surface area contributed by atoms with E-state index in [4.69, 9.17) is 11.6 Å². The number of anilines is 1. The Hall–Kier alpha value is -2.74. The van der Waals surface area contributed by atoms with E-state index in [2.05, 4.69) is 35.4 Å². The maximum atomic E-state index is 13.2. The van der Waals surface area contributed by atoms with Gasteiger partial charge < -0.3 is 10.6 Å². The molecule has 0 saturated carbocycles. The lowest BCUT2D eigenvalue weighted by molar-refractivity contribution is 0.0953. The van der Waals surface area contributed by atoms with Crippen LogP contribution in [0.1, 0.15) is 50.6 Å². The minimum atomic E-state index is -0.513. The number of rotatable bonds is 9. The van der Waals surface area contributed by atoms with Crippen molar-refractivity contribution in [3.8, 4) is 0 Å². The van der Waals surface area contributed by atoms with E-state index < -0.39 is 11.7 Å². The summed E-state index contributed by atoms with van der Waals surface area (Å²) in [6.07, 6.45) is 0. The Bertz CT molecular complexity index is 1140. The summed E-state index contributed by atoms with van der Waals surface area (Å²) in [5.74, 6) is -1.17. The van der Waals surface area contributed by atoms with Crippen molar-refractivity contribution in [3.63, 3.8) is 0 Å². The molecule has 3 aromatic rings. The topological polar surface area (TPSA) is 61.4 Å². The second kappa shape index (κ2) is 11.4. The normalized spacial score (nSPS) is 11.0. The molecule has 0 aliphatic carbocycles. The maximum absolute atomic E-state index is 13.2. The molecule has 174 valence electrons. The molecule has 1 aromatic heterocycles. The van der Waals surface area contributed by atoms with Gasteiger partial charge in [-0.15, -0.1) is 11.3 Å². The van der Waals surface area contributed by atoms with Crippen molar-refractivity contribution in [2.24, 2.45) is 0 Å². The highest BCUT2D eigenvalue weighted by atomic mass is 35.5. The van der Waals surface area contributed by atoms with Gasteiger partial charge in [-0.25, -0.2) is 4.39 Å². The van der Waals surface area contributed by atoms with Gasteiger partial charge in [0.05, 0.1) is 20.5 Å². The Morgan fingerprint density at radius 2 is 1.73 bits per heavy atom. The van der Waals surface area contributed by atoms with Gasteiger partial charge >= 0.3 is 0 Å². The Morgan fingerprint density at radius 3 is 2.39 bits per heavy atom. The van der Waals surface area contributed by atoms with Gasteiger partial charge in [0.25, 0.3) is 11.8 Å². The summed E-state index contributed by atoms with van der Waals surface area (Å²) in [5, 5.41) is 6.28. The first-order valence-corrected chi connectivity index (χ1v) is 12.0. The molecule has 0 aliphatic rings. The summed E-state index contributed by atoms with van der Waals surface area (Å²) in [6.45, 7) is 9.26. The molecular formula is C25H27ClFN3O2S. The highest BCUT2D eigenvalue weighted by Gasteiger charge is 2.17. The van der Waals surface area contributed by atoms with Gasteiger partial charge in [0.15, 0.2) is 0 Å². The molecule has 3 rings (SSSR count). The number of hydrogen-bond donors (Lipinski definition) is 2. The largest absolute Gasteiger partial charge is 0.347 e. The van der Waals surface area contributed by atoms with Crippen LogP contribution in [-0.2, 0) is 13.1 Å². The number of halogens is 2. The highest BCUT2D eigenvalue weighted by molar-refractivity contribution is 7.18. The van der Waals surface area contributed by atoms with E-state index in [-0.39, 0.29) is 16.5 Å². The van der Waals surface area contributed by atoms with Crippen molar-refractivity contribution in [3.05, 3.63) is 86.5 Å². The average molecular weight is 488 g/mol. The number of thiophene rings is 1. The van der Waals surface area contributed by atoms with Crippen molar-refractivity contribution in [2.45, 2.75) is 33.9 Å². The molecule has 33 heavy (non-hydrogen) atoms. The zero-order chi connectivity index (χ0) is 24.0. The molecular weight excluding hydrogens is 461 g/mol. The Kier molecular flexibility index (Phi) is 8.61. The molecule has 0 aliphatic heterocycles. The summed E-state index contributed by atoms with van der Waals surface area (Å²) in [7, 11) is 0. The second-order valence-corrected chi connectivity index (χ2v) is 9.07. The minimum Gasteiger partial charge on any atom is -0.347 e. The Balaban J connectivity index is 1.67. The standard InChI is InChI=1S/C25H27ClFN3O2S/c1-4-30(5-2)15-18-9-7-6-8-17(18)14-28-25(32)23-16(3)12-22(33-23)29-24(31)20-11-10-19(27)13-21(20)26/h6-13H,4-5,14-15H2,1-3H3,(H,28,32)(H,29,31). The van der Waals surface area contributed by atoms with Gasteiger partial charge in [-0.1, -0.05) is 49.7 Å². The van der Waals surface area contributed by atoms with E-state index in [1.165, 1.54) is 29.0 Å². The van der Waals surface area contributed by atoms with Crippen LogP contribution in [-0.4, -0.2) is 29.8 Å². The third-order valence-corrected chi connectivity index (χ3v) is 6.85. The Morgan fingerprint density at radius 1 is 1.03 bits per heavy atom. The molecule has 1 heterocycles. The number of hydrogen-bond acceptors (Lipinski definition) is 4. The fourth-order valence-corrected chi connectivity index (χ4v) is 4.69. The molecule has 2 N–H and O–H groups in total. The number of amides is 2. The second-order valence-electron chi connectivity index (χ2n) is 7.61. The summed E-state index contributed by atoms with van der Waals surface area (Å²) in [4.78, 5) is 28.2. The van der Waals surface area contributed by atoms with Gasteiger partial charge in [-0.05, 0) is 61.0 Å². The Labute approximate surface area is 202 Å². The van der Waals surface area contributed by atoms with Crippen LogP contribution in [0.15, 0.2) is 48.5 Å². The smallest absolute Gasteiger partial charge is 0.261 e. The quantitative estimate of drug-likeness (QED) is 0.396. The molecule has 0 radical (unpaired) electrons. The first kappa shape index (κ1) is 24.9. The molecule has 0 unspecified atom stereocenters. The van der Waals surface area contributed by atoms with Crippen LogP contribution in [0, 0.1) is 12.7 Å². The van der Waals surface area contributed by atoms with E-state index in [0.717, 1.165) is 36.8 Å². The number of nitrogens with one attached hydrogen (secondary N) is 2. The van der Waals surface area contributed by atoms with Crippen molar-refractivity contribution >= 4 is 39.8 Å². The summed E-state index contributed by atoms with van der Waals surface area (Å²) >= 11 is 7.16. The SMILES string of the molecule is CCN(CC)Cc1ccccc1CNC(=O)c1sc(NC(=O)c2ccc(F)cc2Cl)cc1C. The minimum absolute atomic E-state index is 0.0297. The van der Waals surface area contributed by atoms with E-state index in [1.807, 2.05) is 25.1 Å². The zero-order valence-electron chi connectivity index (χ0n) is 18.9. The number of aryl methyl sites for hydroxylation is 1. The van der Waals surface area contributed by atoms with Crippen molar-refractivity contribution in [1.29, 1.82) is 0 Å². The van der Waals surface area contributed by atoms with Crippen LogP contribution < -0.4 is 10.6 Å². The lowest BCUT2D eigenvalue weighted by atomic mass is 10.1. The molecule has 2 amide bonds. The lowest BCUT2D eigenvalue weighted by Gasteiger charge is -2.20. The summed E-state index contributed by atoms with van der Waals surface area (Å²) < 4.78 is 13.2. The van der Waals surface area contributed by atoms with Crippen molar-refractivity contribution in [1.82, 2.24) is 10.2 Å². The number of nitrogens with zero attached hydrogens (tertiary/aromatic N) is 1. The molecule has 5 nitrogen and oxygen atoms in total. The average Bonchev–Trinajstić information content (AvgIpc) is 3.16. The van der Waals surface area contributed by atoms with E-state index in [9.17, 15) is 14.0 Å². The zero-order valence-corrected chi connectivity index (χ0v) is 20.4. The number of benzene rings is 2. The first-order chi connectivity index (χ1) is 15.8. The molecule has 0 saturated heterocycles. The summed E-state index contributed by atoms with van der Waals surface area (Å²) in [5.41, 5.74) is 3.19. The van der Waals surface area contributed by atoms with Gasteiger partial charge in [-0.2, -0.15) is 0 Å². The molecule has 2 aromatic carbocycles. The van der Waals surface area contributed by atoms with Crippen molar-refractivity contribution < 1.29 is 14.0 Å². The van der Waals surface area contributed by atoms with Gasteiger partial charge in [0.1, 0.15) is 5.82 Å². The van der Waals surface area contributed by atoms with Crippen LogP contribution in [0.4, 0.5) is 9.39 Å². The maximum Gasteiger partial charge on any atom is 0.261 e. The third kappa shape index (κ3) is 6.41. The van der Waals surface area contributed by atoms with Gasteiger partial charge in [0, 0.05) is 13.1 Å². The number of carbonyl (C=O) groups is 2. The fourth-order valence-electron chi connectivity index (χ4n) is 3.45. The van der Waals surface area contributed by atoms with Crippen LogP contribution in [0.2, 0.25) is 5.02 Å². The monoisotopic (exact) mass is 487 g/mol. The highest BCUT2D eigenvalue weighted by Crippen LogP contribution is 2.28. The van der Waals surface area contributed by atoms with Crippen LogP contribution in [0.25, 0.3) is 0 Å². The van der Waals surface area contributed by atoms with E-state index in [1.54, 1.807) is 6.07 Å². The lowest BCUT2D eigenvalue weighted by Crippen LogP contribution is -2.26. The van der Waals surface area contributed by atoms with Crippen LogP contribution in [0.3, 0.4) is 0 Å².